The van der Waals surface area contributed by atoms with E-state index >= 15 is 0 Å². The molecule has 208 valence electrons. The lowest BCUT2D eigenvalue weighted by atomic mass is 10.4. The normalized spacial score (nSPS) is 16.1. The minimum Gasteiger partial charge on any atom is -0.756 e. The third-order valence-corrected chi connectivity index (χ3v) is 4.99. The van der Waals surface area contributed by atoms with Crippen LogP contribution in [-0.4, -0.2) is 143 Å². The third kappa shape index (κ3) is 33.8. The fraction of sp³-hybridized carbons (Fsp3) is 0.941. The Morgan fingerprint density at radius 1 is 0.794 bits per heavy atom. The van der Waals surface area contributed by atoms with Gasteiger partial charge in [0.1, 0.15) is 45.3 Å². The smallest absolute Gasteiger partial charge is 0.268 e. The van der Waals surface area contributed by atoms with Crippen LogP contribution >= 0.6 is 15.6 Å². The number of aliphatic hydroxyl groups excluding tert-OH is 4. The van der Waals surface area contributed by atoms with Crippen LogP contribution in [0.4, 0.5) is 0 Å². The molecule has 0 aliphatic carbocycles. The zero-order valence-corrected chi connectivity index (χ0v) is 22.6. The van der Waals surface area contributed by atoms with Crippen molar-refractivity contribution in [3.05, 3.63) is 0 Å². The molecule has 0 saturated carbocycles. The number of rotatable bonds is 16. The van der Waals surface area contributed by atoms with Crippen molar-refractivity contribution in [2.75, 3.05) is 102 Å². The van der Waals surface area contributed by atoms with Gasteiger partial charge in [-0.2, -0.15) is 0 Å². The van der Waals surface area contributed by atoms with E-state index in [4.69, 9.17) is 20.4 Å². The summed E-state index contributed by atoms with van der Waals surface area (Å²) in [6, 6.07) is 0. The van der Waals surface area contributed by atoms with E-state index in [1.54, 1.807) is 0 Å². The van der Waals surface area contributed by atoms with Gasteiger partial charge in [0.05, 0.1) is 68.7 Å². The summed E-state index contributed by atoms with van der Waals surface area (Å²) in [6.45, 7) is -0.691. The Morgan fingerprint density at radius 2 is 1.18 bits per heavy atom. The van der Waals surface area contributed by atoms with Crippen LogP contribution in [-0.2, 0) is 32.0 Å². The molecule has 17 heteroatoms. The number of hydrogen-bond acceptors (Lipinski definition) is 13. The Bertz CT molecular complexity index is 595. The van der Waals surface area contributed by atoms with E-state index in [0.717, 1.165) is 0 Å². The number of phosphoric ester groups is 2. The molecule has 0 aromatic heterocycles. The molecule has 0 aromatic carbocycles. The second-order valence-electron chi connectivity index (χ2n) is 8.63. The molecule has 0 radical (unpaired) electrons. The Hall–Kier alpha value is -0.350. The number of quaternary nitrogens is 2. The van der Waals surface area contributed by atoms with Crippen molar-refractivity contribution in [1.82, 2.24) is 0 Å². The van der Waals surface area contributed by atoms with Gasteiger partial charge in [-0.25, -0.2) is 0 Å². The molecule has 34 heavy (non-hydrogen) atoms. The van der Waals surface area contributed by atoms with Crippen molar-refractivity contribution in [2.24, 2.45) is 0 Å². The summed E-state index contributed by atoms with van der Waals surface area (Å²) < 4.78 is 40.8. The summed E-state index contributed by atoms with van der Waals surface area (Å²) in [5, 5.41) is 32.6. The minimum absolute atomic E-state index is 0.0134. The third-order valence-electron chi connectivity index (χ3n) is 3.06. The first-order valence-electron chi connectivity index (χ1n) is 10.1. The molecule has 0 bridgehead atoms. The molecule has 0 heterocycles. The van der Waals surface area contributed by atoms with E-state index in [9.17, 15) is 23.7 Å². The van der Waals surface area contributed by atoms with Gasteiger partial charge in [-0.15, -0.1) is 0 Å². The van der Waals surface area contributed by atoms with Gasteiger partial charge in [0.15, 0.2) is 0 Å². The molecule has 0 amide bonds. The molecular formula is C17H42N2O13P2. The molecule has 3 unspecified atom stereocenters. The van der Waals surface area contributed by atoms with Crippen molar-refractivity contribution in [3.63, 3.8) is 0 Å². The van der Waals surface area contributed by atoms with Gasteiger partial charge in [0.25, 0.3) is 15.6 Å². The standard InChI is InChI=1S/C8H20NO6P.C7H16NO5P.C2H6O2/c1-9(2,3)4-5-14-16(12,13)15-7-8(11)6-10;1-8(2,3)4-6-12-14(10,11)13-7-5-9;3-1-2-4/h8,10-11H,4-7H2,1-3H3;5H,4,6-7H2,1-3H3;3-4H,1-2H2. The number of hydrogen-bond donors (Lipinski definition) is 4. The van der Waals surface area contributed by atoms with Crippen LogP contribution in [0.25, 0.3) is 0 Å². The highest BCUT2D eigenvalue weighted by Gasteiger charge is 2.15. The molecule has 4 N–H and O–H groups in total. The van der Waals surface area contributed by atoms with Crippen molar-refractivity contribution in [2.45, 2.75) is 6.10 Å². The summed E-state index contributed by atoms with van der Waals surface area (Å²) >= 11 is 0. The molecule has 0 spiro atoms. The molecule has 0 saturated heterocycles. The van der Waals surface area contributed by atoms with Crippen molar-refractivity contribution in [1.29, 1.82) is 0 Å². The quantitative estimate of drug-likeness (QED) is 0.0862. The first-order chi connectivity index (χ1) is 15.3. The molecule has 0 rings (SSSR count). The van der Waals surface area contributed by atoms with Gasteiger partial charge in [-0.05, 0) is 0 Å². The average molecular weight is 544 g/mol. The lowest BCUT2D eigenvalue weighted by Crippen LogP contribution is -2.37. The van der Waals surface area contributed by atoms with Crippen molar-refractivity contribution >= 4 is 21.9 Å². The zero-order valence-electron chi connectivity index (χ0n) is 20.8. The number of aliphatic hydroxyl groups is 4. The van der Waals surface area contributed by atoms with Crippen LogP contribution in [0.1, 0.15) is 0 Å². The maximum Gasteiger partial charge on any atom is 0.268 e. The molecule has 0 aliphatic heterocycles. The maximum absolute atomic E-state index is 11.1. The molecule has 0 fully saturated rings. The first kappa shape index (κ1) is 38.2. The number of carbonyl (C=O) groups excluding carboxylic acids is 1. The summed E-state index contributed by atoms with van der Waals surface area (Å²) in [4.78, 5) is 31.9. The first-order valence-corrected chi connectivity index (χ1v) is 13.0. The van der Waals surface area contributed by atoms with Gasteiger partial charge in [-0.3, -0.25) is 9.13 Å². The van der Waals surface area contributed by atoms with Crippen molar-refractivity contribution in [3.8, 4) is 0 Å². The van der Waals surface area contributed by atoms with Gasteiger partial charge in [-0.1, -0.05) is 0 Å². The fourth-order valence-electron chi connectivity index (χ4n) is 1.28. The summed E-state index contributed by atoms with van der Waals surface area (Å²) in [5.41, 5.74) is 0. The minimum atomic E-state index is -4.38. The van der Waals surface area contributed by atoms with E-state index in [2.05, 4.69) is 18.1 Å². The summed E-state index contributed by atoms with van der Waals surface area (Å²) in [7, 11) is 2.76. The molecule has 0 aliphatic rings. The van der Waals surface area contributed by atoms with Crippen LogP contribution in [0.15, 0.2) is 0 Å². The Morgan fingerprint density at radius 3 is 1.47 bits per heavy atom. The highest BCUT2D eigenvalue weighted by atomic mass is 31.2. The summed E-state index contributed by atoms with van der Waals surface area (Å²) in [6.07, 6.45) is -0.863. The molecule has 0 aromatic rings. The van der Waals surface area contributed by atoms with Crippen LogP contribution < -0.4 is 9.79 Å². The summed E-state index contributed by atoms with van der Waals surface area (Å²) in [5.74, 6) is 0. The lowest BCUT2D eigenvalue weighted by molar-refractivity contribution is -0.870. The number of phosphoric acid groups is 2. The Labute approximate surface area is 201 Å². The van der Waals surface area contributed by atoms with Crippen LogP contribution in [0.2, 0.25) is 0 Å². The monoisotopic (exact) mass is 544 g/mol. The zero-order chi connectivity index (χ0) is 27.5. The van der Waals surface area contributed by atoms with Gasteiger partial charge in [0.2, 0.25) is 0 Å². The Balaban J connectivity index is -0.000000491. The SMILES string of the molecule is C[N+](C)(C)CCOP(=O)([O-])OCC(O)CO.C[N+](C)(C)CCOP(=O)([O-])OCC=O.OCCO. The maximum atomic E-state index is 11.1. The van der Waals surface area contributed by atoms with Crippen LogP contribution in [0.3, 0.4) is 0 Å². The Kier molecular flexibility index (Phi) is 22.2. The highest BCUT2D eigenvalue weighted by Crippen LogP contribution is 2.38. The van der Waals surface area contributed by atoms with Crippen molar-refractivity contribution < 1.29 is 71.2 Å². The second-order valence-corrected chi connectivity index (χ2v) is 11.5. The fourth-order valence-corrected chi connectivity index (χ4v) is 2.64. The molecule has 15 nitrogen and oxygen atoms in total. The predicted molar refractivity (Wildman–Crippen MR) is 118 cm³/mol. The average Bonchev–Trinajstić information content (AvgIpc) is 2.69. The largest absolute Gasteiger partial charge is 0.756 e. The van der Waals surface area contributed by atoms with Crippen LogP contribution in [0, 0.1) is 0 Å². The van der Waals surface area contributed by atoms with E-state index in [0.29, 0.717) is 28.3 Å². The van der Waals surface area contributed by atoms with E-state index in [1.807, 2.05) is 42.3 Å². The number of likely N-dealkylation sites (N-methyl/N-ethyl adjacent to an activating group) is 2. The predicted octanol–water partition coefficient (Wildman–Crippen LogP) is -3.09. The van der Waals surface area contributed by atoms with E-state index in [-0.39, 0.29) is 26.4 Å². The van der Waals surface area contributed by atoms with E-state index in [1.165, 1.54) is 0 Å². The van der Waals surface area contributed by atoms with Gasteiger partial charge < -0.3 is 62.1 Å². The molecule has 3 atom stereocenters. The lowest BCUT2D eigenvalue weighted by Gasteiger charge is -2.27. The van der Waals surface area contributed by atoms with Gasteiger partial charge in [0, 0.05) is 0 Å². The number of aldehydes is 1. The second kappa shape index (κ2) is 19.8. The topological polar surface area (TPSA) is 215 Å². The van der Waals surface area contributed by atoms with Gasteiger partial charge >= 0.3 is 0 Å². The molecular weight excluding hydrogens is 502 g/mol. The number of nitrogens with zero attached hydrogens (tertiary/aromatic N) is 2. The van der Waals surface area contributed by atoms with E-state index < -0.39 is 41.6 Å². The van der Waals surface area contributed by atoms with Crippen LogP contribution in [0.5, 0.6) is 0 Å². The highest BCUT2D eigenvalue weighted by molar-refractivity contribution is 7.46. The number of carbonyl (C=O) groups is 1.